The van der Waals surface area contributed by atoms with Crippen molar-refractivity contribution in [3.05, 3.63) is 34.9 Å². The molecule has 0 bridgehead atoms. The highest BCUT2D eigenvalue weighted by Crippen LogP contribution is 2.24. The van der Waals surface area contributed by atoms with Gasteiger partial charge in [0.1, 0.15) is 5.69 Å². The first kappa shape index (κ1) is 9.76. The molecule has 1 aliphatic carbocycles. The van der Waals surface area contributed by atoms with Gasteiger partial charge in [-0.25, -0.2) is 4.68 Å². The van der Waals surface area contributed by atoms with Gasteiger partial charge in [0.05, 0.1) is 23.5 Å². The maximum atomic E-state index is 12.2. The Bertz CT molecular complexity index is 646. The number of hydrogen-bond acceptors (Lipinski definition) is 6. The highest BCUT2D eigenvalue weighted by molar-refractivity contribution is 6.26. The third-order valence-electron chi connectivity index (χ3n) is 2.68. The van der Waals surface area contributed by atoms with Gasteiger partial charge in [-0.3, -0.25) is 9.59 Å². The van der Waals surface area contributed by atoms with Crippen LogP contribution in [0.2, 0.25) is 0 Å². The molecule has 7 nitrogen and oxygen atoms in total. The summed E-state index contributed by atoms with van der Waals surface area (Å²) >= 11 is 0. The number of fused-ring (bicyclic) bond motifs is 2. The molecule has 0 unspecified atom stereocenters. The lowest BCUT2D eigenvalue weighted by molar-refractivity contribution is 0.0970. The Hall–Kier alpha value is -2.44. The second-order valence-electron chi connectivity index (χ2n) is 3.58. The lowest BCUT2D eigenvalue weighted by atomic mass is 9.92. The minimum absolute atomic E-state index is 0.0948. The van der Waals surface area contributed by atoms with E-state index >= 15 is 0 Å². The third kappa shape index (κ3) is 1.16. The fraction of sp³-hybridized carbons (Fsp3) is 0.200. The standard InChI is InChI=1S/C10H7N5O2/c1-2-15-8-7(13-14-15)9(16)5-3-11-12-4-6(5)10(8)17/h3-4H,2H2,1H3. The zero-order valence-corrected chi connectivity index (χ0v) is 8.91. The average Bonchev–Trinajstić information content (AvgIpc) is 2.80. The van der Waals surface area contributed by atoms with Crippen molar-refractivity contribution in [3.8, 4) is 0 Å². The summed E-state index contributed by atoms with van der Waals surface area (Å²) in [5.74, 6) is -0.611. The van der Waals surface area contributed by atoms with Gasteiger partial charge in [0, 0.05) is 6.54 Å². The summed E-state index contributed by atoms with van der Waals surface area (Å²) in [6, 6.07) is 0. The molecule has 0 radical (unpaired) electrons. The van der Waals surface area contributed by atoms with Crippen LogP contribution in [0.15, 0.2) is 12.4 Å². The van der Waals surface area contributed by atoms with Crippen molar-refractivity contribution < 1.29 is 9.59 Å². The molecule has 0 spiro atoms. The predicted molar refractivity (Wildman–Crippen MR) is 54.6 cm³/mol. The summed E-state index contributed by atoms with van der Waals surface area (Å²) in [5.41, 5.74) is 0.825. The summed E-state index contributed by atoms with van der Waals surface area (Å²) in [5, 5.41) is 14.8. The summed E-state index contributed by atoms with van der Waals surface area (Å²) in [7, 11) is 0. The molecule has 0 aromatic carbocycles. The van der Waals surface area contributed by atoms with E-state index in [0.717, 1.165) is 0 Å². The molecule has 0 atom stereocenters. The van der Waals surface area contributed by atoms with E-state index in [1.165, 1.54) is 17.1 Å². The van der Waals surface area contributed by atoms with Gasteiger partial charge in [-0.15, -0.1) is 5.10 Å². The Morgan fingerprint density at radius 2 is 1.76 bits per heavy atom. The van der Waals surface area contributed by atoms with Gasteiger partial charge < -0.3 is 0 Å². The van der Waals surface area contributed by atoms with Crippen LogP contribution in [0.4, 0.5) is 0 Å². The van der Waals surface area contributed by atoms with Gasteiger partial charge in [0.15, 0.2) is 5.69 Å². The predicted octanol–water partition coefficient (Wildman–Crippen LogP) is -0.137. The lowest BCUT2D eigenvalue weighted by Gasteiger charge is -2.12. The highest BCUT2D eigenvalue weighted by Gasteiger charge is 2.35. The number of aryl methyl sites for hydroxylation is 1. The molecular formula is C10H7N5O2. The van der Waals surface area contributed by atoms with Crippen molar-refractivity contribution in [2.24, 2.45) is 0 Å². The van der Waals surface area contributed by atoms with E-state index in [2.05, 4.69) is 20.5 Å². The van der Waals surface area contributed by atoms with Gasteiger partial charge in [0.25, 0.3) is 0 Å². The maximum absolute atomic E-state index is 12.2. The second-order valence-corrected chi connectivity index (χ2v) is 3.58. The monoisotopic (exact) mass is 229 g/mol. The highest BCUT2D eigenvalue weighted by atomic mass is 16.1. The second kappa shape index (κ2) is 3.27. The van der Waals surface area contributed by atoms with Crippen LogP contribution < -0.4 is 0 Å². The molecule has 1 aliphatic rings. The van der Waals surface area contributed by atoms with E-state index in [0.29, 0.717) is 6.54 Å². The molecule has 0 saturated heterocycles. The summed E-state index contributed by atoms with van der Waals surface area (Å²) in [4.78, 5) is 24.2. The van der Waals surface area contributed by atoms with Crippen LogP contribution in [0.5, 0.6) is 0 Å². The molecular weight excluding hydrogens is 222 g/mol. The average molecular weight is 229 g/mol. The van der Waals surface area contributed by atoms with Crippen molar-refractivity contribution in [3.63, 3.8) is 0 Å². The SMILES string of the molecule is CCn1nnc2c1C(=O)c1cnncc1C2=O. The van der Waals surface area contributed by atoms with Crippen LogP contribution in [0, 0.1) is 0 Å². The van der Waals surface area contributed by atoms with E-state index in [1.807, 2.05) is 6.92 Å². The molecule has 0 amide bonds. The molecule has 7 heteroatoms. The first-order valence-corrected chi connectivity index (χ1v) is 5.07. The molecule has 0 saturated carbocycles. The van der Waals surface area contributed by atoms with Crippen molar-refractivity contribution >= 4 is 11.6 Å². The van der Waals surface area contributed by atoms with Crippen LogP contribution in [0.1, 0.15) is 39.0 Å². The first-order chi connectivity index (χ1) is 8.24. The number of carbonyl (C=O) groups is 2. The molecule has 3 rings (SSSR count). The third-order valence-corrected chi connectivity index (χ3v) is 2.68. The Morgan fingerprint density at radius 3 is 2.41 bits per heavy atom. The van der Waals surface area contributed by atoms with Crippen LogP contribution >= 0.6 is 0 Å². The Labute approximate surface area is 95.5 Å². The van der Waals surface area contributed by atoms with Crippen molar-refractivity contribution in [2.75, 3.05) is 0 Å². The van der Waals surface area contributed by atoms with Gasteiger partial charge in [-0.1, -0.05) is 5.21 Å². The molecule has 84 valence electrons. The number of carbonyl (C=O) groups excluding carboxylic acids is 2. The lowest BCUT2D eigenvalue weighted by Crippen LogP contribution is -2.23. The van der Waals surface area contributed by atoms with E-state index in [4.69, 9.17) is 0 Å². The van der Waals surface area contributed by atoms with Crippen molar-refractivity contribution in [2.45, 2.75) is 13.5 Å². The maximum Gasteiger partial charge on any atom is 0.218 e. The van der Waals surface area contributed by atoms with Crippen LogP contribution in [-0.2, 0) is 6.54 Å². The molecule has 2 aromatic rings. The quantitative estimate of drug-likeness (QED) is 0.577. The minimum Gasteiger partial charge on any atom is -0.287 e. The summed E-state index contributed by atoms with van der Waals surface area (Å²) in [6.07, 6.45) is 2.58. The smallest absolute Gasteiger partial charge is 0.218 e. The molecule has 0 aliphatic heterocycles. The number of nitrogens with zero attached hydrogens (tertiary/aromatic N) is 5. The van der Waals surface area contributed by atoms with Gasteiger partial charge in [0.2, 0.25) is 11.6 Å². The number of rotatable bonds is 1. The first-order valence-electron chi connectivity index (χ1n) is 5.07. The fourth-order valence-electron chi connectivity index (χ4n) is 1.85. The summed E-state index contributed by atoms with van der Waals surface area (Å²) in [6.45, 7) is 2.31. The van der Waals surface area contributed by atoms with Gasteiger partial charge in [-0.2, -0.15) is 10.2 Å². The fourth-order valence-corrected chi connectivity index (χ4v) is 1.85. The molecule has 0 fully saturated rings. The molecule has 2 heterocycles. The van der Waals surface area contributed by atoms with Gasteiger partial charge in [-0.05, 0) is 6.92 Å². The van der Waals surface area contributed by atoms with Gasteiger partial charge >= 0.3 is 0 Å². The van der Waals surface area contributed by atoms with E-state index in [-0.39, 0.29) is 34.1 Å². The van der Waals surface area contributed by atoms with Crippen LogP contribution in [0.25, 0.3) is 0 Å². The Balaban J connectivity index is 2.31. The minimum atomic E-state index is -0.329. The zero-order chi connectivity index (χ0) is 12.0. The Morgan fingerprint density at radius 1 is 1.12 bits per heavy atom. The Kier molecular flexibility index (Phi) is 1.88. The number of ketones is 2. The van der Waals surface area contributed by atoms with Crippen LogP contribution in [0.3, 0.4) is 0 Å². The topological polar surface area (TPSA) is 90.6 Å². The largest absolute Gasteiger partial charge is 0.287 e. The normalized spacial score (nSPS) is 13.5. The van der Waals surface area contributed by atoms with Crippen LogP contribution in [-0.4, -0.2) is 36.8 Å². The van der Waals surface area contributed by atoms with E-state index < -0.39 is 0 Å². The van der Waals surface area contributed by atoms with E-state index in [9.17, 15) is 9.59 Å². The number of aromatic nitrogens is 5. The van der Waals surface area contributed by atoms with E-state index in [1.54, 1.807) is 0 Å². The molecule has 2 aromatic heterocycles. The summed E-state index contributed by atoms with van der Waals surface area (Å²) < 4.78 is 1.42. The molecule has 17 heavy (non-hydrogen) atoms. The molecule has 0 N–H and O–H groups in total. The van der Waals surface area contributed by atoms with Crippen molar-refractivity contribution in [1.82, 2.24) is 25.2 Å². The zero-order valence-electron chi connectivity index (χ0n) is 8.91. The van der Waals surface area contributed by atoms with Crippen molar-refractivity contribution in [1.29, 1.82) is 0 Å². The number of hydrogen-bond donors (Lipinski definition) is 0.